The highest BCUT2D eigenvalue weighted by Crippen LogP contribution is 2.27. The minimum atomic E-state index is -3.93. The van der Waals surface area contributed by atoms with Crippen molar-refractivity contribution >= 4 is 26.6 Å². The van der Waals surface area contributed by atoms with Crippen LogP contribution in [0, 0.1) is 0 Å². The number of nitrogens with one attached hydrogen (secondary N) is 2. The number of ether oxygens (including phenoxy) is 1. The molecule has 0 spiro atoms. The molecule has 0 radical (unpaired) electrons. The van der Waals surface area contributed by atoms with Gasteiger partial charge in [-0.2, -0.15) is 0 Å². The number of aliphatic hydroxyl groups is 1. The summed E-state index contributed by atoms with van der Waals surface area (Å²) in [6.45, 7) is 4.98. The van der Waals surface area contributed by atoms with Crippen molar-refractivity contribution < 1.29 is 18.3 Å². The summed E-state index contributed by atoms with van der Waals surface area (Å²) in [5.41, 5.74) is 0.373. The first-order valence-corrected chi connectivity index (χ1v) is 10.7. The number of rotatable bonds is 7. The van der Waals surface area contributed by atoms with Crippen LogP contribution in [0.5, 0.6) is 5.75 Å². The van der Waals surface area contributed by atoms with Gasteiger partial charge >= 0.3 is 0 Å². The van der Waals surface area contributed by atoms with Crippen molar-refractivity contribution in [2.45, 2.75) is 37.7 Å². The first-order valence-electron chi connectivity index (χ1n) is 9.22. The molecular weight excluding hydrogens is 392 g/mol. The number of aryl methyl sites for hydroxylation is 1. The van der Waals surface area contributed by atoms with Crippen molar-refractivity contribution in [2.24, 2.45) is 0 Å². The van der Waals surface area contributed by atoms with Crippen LogP contribution in [-0.4, -0.2) is 30.7 Å². The van der Waals surface area contributed by atoms with Crippen LogP contribution < -0.4 is 15.0 Å². The lowest BCUT2D eigenvalue weighted by Crippen LogP contribution is -2.28. The number of anilines is 1. The van der Waals surface area contributed by atoms with Crippen molar-refractivity contribution in [1.82, 2.24) is 4.98 Å². The van der Waals surface area contributed by atoms with E-state index in [1.807, 2.05) is 6.92 Å². The topological polar surface area (TPSA) is 108 Å². The van der Waals surface area contributed by atoms with Crippen molar-refractivity contribution in [3.63, 3.8) is 0 Å². The predicted octanol–water partition coefficient (Wildman–Crippen LogP) is 3.04. The summed E-state index contributed by atoms with van der Waals surface area (Å²) in [7, 11) is -3.93. The van der Waals surface area contributed by atoms with Crippen LogP contribution in [0.4, 0.5) is 5.69 Å². The Morgan fingerprint density at radius 1 is 1.14 bits per heavy atom. The zero-order chi connectivity index (χ0) is 21.2. The van der Waals surface area contributed by atoms with E-state index < -0.39 is 15.6 Å². The Kier molecular flexibility index (Phi) is 5.68. The molecule has 154 valence electrons. The van der Waals surface area contributed by atoms with E-state index in [2.05, 4.69) is 9.71 Å². The number of sulfonamides is 1. The Morgan fingerprint density at radius 2 is 1.86 bits per heavy atom. The van der Waals surface area contributed by atoms with Crippen molar-refractivity contribution in [2.75, 3.05) is 11.3 Å². The molecule has 2 aromatic carbocycles. The average Bonchev–Trinajstić information content (AvgIpc) is 2.65. The Morgan fingerprint density at radius 3 is 2.55 bits per heavy atom. The second-order valence-corrected chi connectivity index (χ2v) is 9.08. The molecule has 3 rings (SSSR count). The largest absolute Gasteiger partial charge is 0.489 e. The third-order valence-electron chi connectivity index (χ3n) is 4.27. The Balaban J connectivity index is 1.93. The number of benzene rings is 2. The fraction of sp³-hybridized carbons (Fsp3) is 0.286. The molecule has 3 N–H and O–H groups in total. The van der Waals surface area contributed by atoms with Crippen LogP contribution in [0.1, 0.15) is 26.3 Å². The molecule has 0 saturated carbocycles. The van der Waals surface area contributed by atoms with Gasteiger partial charge in [-0.15, -0.1) is 0 Å². The molecular formula is C21H24N2O5S. The molecule has 0 saturated heterocycles. The number of aromatic nitrogens is 1. The van der Waals surface area contributed by atoms with E-state index in [0.29, 0.717) is 23.2 Å². The van der Waals surface area contributed by atoms with Crippen molar-refractivity contribution in [3.8, 4) is 5.75 Å². The summed E-state index contributed by atoms with van der Waals surface area (Å²) in [6.07, 6.45) is 0.577. The minimum absolute atomic E-state index is 0.0277. The lowest BCUT2D eigenvalue weighted by Gasteiger charge is -2.19. The van der Waals surface area contributed by atoms with Gasteiger partial charge in [0.2, 0.25) is 0 Å². The number of H-pyrrole nitrogens is 1. The van der Waals surface area contributed by atoms with E-state index in [1.54, 1.807) is 56.3 Å². The lowest BCUT2D eigenvalue weighted by atomic mass is 10.1. The first-order chi connectivity index (χ1) is 13.6. The summed E-state index contributed by atoms with van der Waals surface area (Å²) < 4.78 is 34.0. The molecule has 0 aliphatic rings. The van der Waals surface area contributed by atoms with Gasteiger partial charge in [-0.3, -0.25) is 9.52 Å². The summed E-state index contributed by atoms with van der Waals surface area (Å²) in [5, 5.41) is 10.6. The highest BCUT2D eigenvalue weighted by molar-refractivity contribution is 7.92. The van der Waals surface area contributed by atoms with E-state index in [4.69, 9.17) is 4.74 Å². The fourth-order valence-electron chi connectivity index (χ4n) is 2.83. The summed E-state index contributed by atoms with van der Waals surface area (Å²) >= 11 is 0. The van der Waals surface area contributed by atoms with E-state index >= 15 is 0 Å². The molecule has 8 heteroatoms. The number of para-hydroxylation sites is 1. The zero-order valence-electron chi connectivity index (χ0n) is 16.5. The van der Waals surface area contributed by atoms with Crippen LogP contribution in [0.15, 0.2) is 58.2 Å². The molecule has 29 heavy (non-hydrogen) atoms. The Bertz CT molecular complexity index is 1190. The monoisotopic (exact) mass is 416 g/mol. The van der Waals surface area contributed by atoms with Crippen LogP contribution in [-0.2, 0) is 16.4 Å². The number of hydrogen-bond acceptors (Lipinski definition) is 5. The SMILES string of the molecule is CCc1cc2cc(NS(=O)(=O)c3ccccc3OCC(C)(C)O)ccc2[nH]c1=O. The first kappa shape index (κ1) is 20.9. The van der Waals surface area contributed by atoms with Crippen LogP contribution in [0.3, 0.4) is 0 Å². The van der Waals surface area contributed by atoms with Gasteiger partial charge in [-0.25, -0.2) is 8.42 Å². The van der Waals surface area contributed by atoms with Crippen molar-refractivity contribution in [3.05, 3.63) is 64.4 Å². The maximum Gasteiger partial charge on any atom is 0.265 e. The Labute approximate surface area is 169 Å². The van der Waals surface area contributed by atoms with Gasteiger partial charge in [0, 0.05) is 22.2 Å². The number of hydrogen-bond donors (Lipinski definition) is 3. The highest BCUT2D eigenvalue weighted by atomic mass is 32.2. The van der Waals surface area contributed by atoms with E-state index in [-0.39, 0.29) is 22.8 Å². The molecule has 3 aromatic rings. The zero-order valence-corrected chi connectivity index (χ0v) is 17.3. The van der Waals surface area contributed by atoms with Gasteiger partial charge < -0.3 is 14.8 Å². The van der Waals surface area contributed by atoms with Gasteiger partial charge in [-0.1, -0.05) is 19.1 Å². The quantitative estimate of drug-likeness (QED) is 0.549. The van der Waals surface area contributed by atoms with Crippen molar-refractivity contribution in [1.29, 1.82) is 0 Å². The third-order valence-corrected chi connectivity index (χ3v) is 5.69. The Hall–Kier alpha value is -2.84. The third kappa shape index (κ3) is 4.96. The fourth-order valence-corrected chi connectivity index (χ4v) is 4.03. The number of aromatic amines is 1. The summed E-state index contributed by atoms with van der Waals surface area (Å²) in [4.78, 5) is 14.7. The standard InChI is InChI=1S/C21H24N2O5S/c1-4-14-11-15-12-16(9-10-17(15)22-20(14)24)23-29(26,27)19-8-6-5-7-18(19)28-13-21(2,3)25/h5-12,23,25H,4,13H2,1-3H3,(H,22,24). The maximum absolute atomic E-state index is 12.9. The van der Waals surface area contributed by atoms with Gasteiger partial charge in [0.15, 0.2) is 0 Å². The maximum atomic E-state index is 12.9. The molecule has 0 aliphatic heterocycles. The molecule has 7 nitrogen and oxygen atoms in total. The van der Waals surface area contributed by atoms with Crippen LogP contribution in [0.2, 0.25) is 0 Å². The van der Waals surface area contributed by atoms with Gasteiger partial charge in [0.05, 0.1) is 5.60 Å². The normalized spacial score (nSPS) is 12.1. The molecule has 0 unspecified atom stereocenters. The average molecular weight is 416 g/mol. The molecule has 1 heterocycles. The predicted molar refractivity (Wildman–Crippen MR) is 113 cm³/mol. The lowest BCUT2D eigenvalue weighted by molar-refractivity contribution is 0.0274. The van der Waals surface area contributed by atoms with Gasteiger partial charge in [-0.05, 0) is 56.7 Å². The summed E-state index contributed by atoms with van der Waals surface area (Å²) in [6, 6.07) is 12.9. The molecule has 0 amide bonds. The van der Waals surface area contributed by atoms with Crippen LogP contribution in [0.25, 0.3) is 10.9 Å². The minimum Gasteiger partial charge on any atom is -0.489 e. The van der Waals surface area contributed by atoms with Gasteiger partial charge in [0.25, 0.3) is 15.6 Å². The number of fused-ring (bicyclic) bond motifs is 1. The summed E-state index contributed by atoms with van der Waals surface area (Å²) in [5.74, 6) is 0.153. The number of pyridine rings is 1. The molecule has 0 aliphatic carbocycles. The smallest absolute Gasteiger partial charge is 0.265 e. The van der Waals surface area contributed by atoms with Crippen LogP contribution >= 0.6 is 0 Å². The van der Waals surface area contributed by atoms with E-state index in [1.165, 1.54) is 6.07 Å². The van der Waals surface area contributed by atoms with E-state index in [9.17, 15) is 18.3 Å². The molecule has 1 aromatic heterocycles. The second-order valence-electron chi connectivity index (χ2n) is 7.43. The second kappa shape index (κ2) is 7.88. The highest BCUT2D eigenvalue weighted by Gasteiger charge is 2.22. The molecule has 0 fully saturated rings. The molecule has 0 atom stereocenters. The van der Waals surface area contributed by atoms with Gasteiger partial charge in [0.1, 0.15) is 17.3 Å². The molecule has 0 bridgehead atoms. The van der Waals surface area contributed by atoms with E-state index in [0.717, 1.165) is 5.39 Å².